The number of fused-ring (bicyclic) bond motifs is 3. The lowest BCUT2D eigenvalue weighted by molar-refractivity contribution is -0.113. The molecule has 4 rings (SSSR count). The molecule has 3 heterocycles. The van der Waals surface area contributed by atoms with E-state index < -0.39 is 0 Å². The molecule has 2 aromatic heterocycles. The summed E-state index contributed by atoms with van der Waals surface area (Å²) in [5.41, 5.74) is 1.80. The molecule has 0 saturated carbocycles. The lowest BCUT2D eigenvalue weighted by atomic mass is 9.95. The second-order valence-corrected chi connectivity index (χ2v) is 11.2. The van der Waals surface area contributed by atoms with Gasteiger partial charge in [0.05, 0.1) is 25.1 Å². The third-order valence-electron chi connectivity index (χ3n) is 5.03. The molecule has 0 saturated heterocycles. The van der Waals surface area contributed by atoms with Crippen molar-refractivity contribution >= 4 is 56.7 Å². The number of anilines is 1. The number of hydrogen-bond donors (Lipinski definition) is 1. The van der Waals surface area contributed by atoms with Crippen molar-refractivity contribution in [3.05, 3.63) is 34.7 Å². The molecule has 1 aliphatic heterocycles. The number of amides is 1. The maximum atomic E-state index is 12.6. The van der Waals surface area contributed by atoms with Gasteiger partial charge in [-0.05, 0) is 50.1 Å². The third kappa shape index (κ3) is 5.39. The van der Waals surface area contributed by atoms with Crippen LogP contribution in [-0.2, 0) is 22.6 Å². The van der Waals surface area contributed by atoms with Gasteiger partial charge in [-0.1, -0.05) is 30.4 Å². The van der Waals surface area contributed by atoms with Crippen LogP contribution in [0.5, 0.6) is 5.75 Å². The molecule has 0 atom stereocenters. The maximum Gasteiger partial charge on any atom is 0.234 e. The highest BCUT2D eigenvalue weighted by Crippen LogP contribution is 2.42. The van der Waals surface area contributed by atoms with E-state index in [9.17, 15) is 4.79 Å². The largest absolute Gasteiger partial charge is 0.497 e. The van der Waals surface area contributed by atoms with Crippen molar-refractivity contribution in [2.24, 2.45) is 0 Å². The molecule has 0 radical (unpaired) electrons. The molecule has 170 valence electrons. The van der Waals surface area contributed by atoms with Crippen LogP contribution < -0.4 is 10.1 Å². The number of carbonyl (C=O) groups excluding carboxylic acids is 1. The van der Waals surface area contributed by atoms with Gasteiger partial charge < -0.3 is 14.8 Å². The van der Waals surface area contributed by atoms with Gasteiger partial charge in [-0.25, -0.2) is 9.97 Å². The van der Waals surface area contributed by atoms with Gasteiger partial charge in [0.2, 0.25) is 5.91 Å². The third-order valence-corrected chi connectivity index (χ3v) is 8.15. The molecular formula is C23H27N3O3S3. The zero-order chi connectivity index (χ0) is 22.7. The van der Waals surface area contributed by atoms with E-state index in [2.05, 4.69) is 26.1 Å². The number of benzene rings is 1. The monoisotopic (exact) mass is 489 g/mol. The number of rotatable bonds is 8. The first-order valence-corrected chi connectivity index (χ1v) is 13.3. The number of hydrogen-bond acceptors (Lipinski definition) is 8. The minimum Gasteiger partial charge on any atom is -0.497 e. The highest BCUT2D eigenvalue weighted by molar-refractivity contribution is 8.00. The molecule has 3 aromatic rings. The highest BCUT2D eigenvalue weighted by Gasteiger charge is 2.31. The first kappa shape index (κ1) is 23.4. The summed E-state index contributed by atoms with van der Waals surface area (Å²) >= 11 is 4.83. The van der Waals surface area contributed by atoms with E-state index in [4.69, 9.17) is 19.4 Å². The van der Waals surface area contributed by atoms with E-state index >= 15 is 0 Å². The van der Waals surface area contributed by atoms with Gasteiger partial charge in [0.15, 0.2) is 5.16 Å². The Balaban J connectivity index is 1.57. The Labute approximate surface area is 200 Å². The molecule has 1 aliphatic rings. The maximum absolute atomic E-state index is 12.6. The smallest absolute Gasteiger partial charge is 0.234 e. The van der Waals surface area contributed by atoms with Crippen molar-refractivity contribution in [3.63, 3.8) is 0 Å². The fourth-order valence-electron chi connectivity index (χ4n) is 3.46. The van der Waals surface area contributed by atoms with Gasteiger partial charge >= 0.3 is 0 Å². The number of thioether (sulfide) groups is 2. The molecule has 0 fully saturated rings. The number of nitrogens with one attached hydrogen (secondary N) is 1. The molecule has 1 aromatic carbocycles. The van der Waals surface area contributed by atoms with Crippen LogP contribution in [-0.4, -0.2) is 40.1 Å². The lowest BCUT2D eigenvalue weighted by Gasteiger charge is -2.30. The van der Waals surface area contributed by atoms with E-state index in [1.54, 1.807) is 30.2 Å². The van der Waals surface area contributed by atoms with E-state index in [0.29, 0.717) is 6.61 Å². The fourth-order valence-corrected chi connectivity index (χ4v) is 6.30. The Hall–Kier alpha value is -1.81. The highest BCUT2D eigenvalue weighted by atomic mass is 32.2. The van der Waals surface area contributed by atoms with Crippen LogP contribution >= 0.6 is 34.9 Å². The standard InChI is InChI=1S/C23H27N3O3S3/c1-5-10-30-22-25-20(31-13-18(27)24-14-6-8-15(28-4)9-7-14)19-16-11-23(2,3)29-12-17(16)32-21(19)26-22/h6-9H,5,10-13H2,1-4H3,(H,24,27). The van der Waals surface area contributed by atoms with Crippen molar-refractivity contribution in [2.45, 2.75) is 56.0 Å². The SMILES string of the molecule is CCCSc1nc(SCC(=O)Nc2ccc(OC)cc2)c2c3c(sc2n1)COC(C)(C)C3. The zero-order valence-corrected chi connectivity index (χ0v) is 21.1. The number of nitrogens with zero attached hydrogens (tertiary/aromatic N) is 2. The number of ether oxygens (including phenoxy) is 2. The molecule has 0 aliphatic carbocycles. The lowest BCUT2D eigenvalue weighted by Crippen LogP contribution is -2.31. The quantitative estimate of drug-likeness (QED) is 0.244. The summed E-state index contributed by atoms with van der Waals surface area (Å²) in [7, 11) is 1.62. The average Bonchev–Trinajstić information content (AvgIpc) is 3.13. The molecule has 32 heavy (non-hydrogen) atoms. The van der Waals surface area contributed by atoms with Gasteiger partial charge in [-0.15, -0.1) is 11.3 Å². The van der Waals surface area contributed by atoms with Crippen LogP contribution in [0, 0.1) is 0 Å². The molecule has 0 spiro atoms. The van der Waals surface area contributed by atoms with Crippen molar-refractivity contribution in [3.8, 4) is 5.75 Å². The van der Waals surface area contributed by atoms with Gasteiger partial charge in [-0.2, -0.15) is 0 Å². The van der Waals surface area contributed by atoms with Crippen LogP contribution in [0.3, 0.4) is 0 Å². The van der Waals surface area contributed by atoms with Crippen molar-refractivity contribution < 1.29 is 14.3 Å². The van der Waals surface area contributed by atoms with Crippen LogP contribution in [0.2, 0.25) is 0 Å². The van der Waals surface area contributed by atoms with E-state index in [-0.39, 0.29) is 17.3 Å². The molecule has 0 unspecified atom stereocenters. The molecular weight excluding hydrogens is 462 g/mol. The van der Waals surface area contributed by atoms with Crippen LogP contribution in [0.15, 0.2) is 34.4 Å². The Morgan fingerprint density at radius 3 is 2.75 bits per heavy atom. The van der Waals surface area contributed by atoms with E-state index in [1.165, 1.54) is 22.2 Å². The van der Waals surface area contributed by atoms with Crippen LogP contribution in [0.4, 0.5) is 5.69 Å². The summed E-state index contributed by atoms with van der Waals surface area (Å²) in [6.07, 6.45) is 1.88. The summed E-state index contributed by atoms with van der Waals surface area (Å²) in [6, 6.07) is 7.33. The van der Waals surface area contributed by atoms with E-state index in [0.717, 1.165) is 50.4 Å². The molecule has 6 nitrogen and oxygen atoms in total. The van der Waals surface area contributed by atoms with Gasteiger partial charge in [0.1, 0.15) is 15.6 Å². The summed E-state index contributed by atoms with van der Waals surface area (Å²) < 4.78 is 11.2. The summed E-state index contributed by atoms with van der Waals surface area (Å²) in [6.45, 7) is 6.97. The summed E-state index contributed by atoms with van der Waals surface area (Å²) in [5, 5.41) is 5.69. The molecule has 1 N–H and O–H groups in total. The molecule has 0 bridgehead atoms. The first-order valence-electron chi connectivity index (χ1n) is 10.5. The summed E-state index contributed by atoms with van der Waals surface area (Å²) in [5.74, 6) is 1.93. The van der Waals surface area contributed by atoms with Gasteiger partial charge in [0, 0.05) is 28.1 Å². The second-order valence-electron chi connectivity index (χ2n) is 8.13. The first-order chi connectivity index (χ1) is 15.4. The van der Waals surface area contributed by atoms with Gasteiger partial charge in [-0.3, -0.25) is 4.79 Å². The predicted octanol–water partition coefficient (Wildman–Crippen LogP) is 5.78. The zero-order valence-electron chi connectivity index (χ0n) is 18.7. The molecule has 9 heteroatoms. The Kier molecular flexibility index (Phi) is 7.29. The Morgan fingerprint density at radius 2 is 2.03 bits per heavy atom. The summed E-state index contributed by atoms with van der Waals surface area (Å²) in [4.78, 5) is 24.5. The normalized spacial score (nSPS) is 14.9. The fraction of sp³-hybridized carbons (Fsp3) is 0.435. The van der Waals surface area contributed by atoms with E-state index in [1.807, 2.05) is 24.3 Å². The van der Waals surface area contributed by atoms with Crippen molar-refractivity contribution in [2.75, 3.05) is 23.9 Å². The second kappa shape index (κ2) is 9.99. The number of methoxy groups -OCH3 is 1. The van der Waals surface area contributed by atoms with Gasteiger partial charge in [0.25, 0.3) is 0 Å². The average molecular weight is 490 g/mol. The van der Waals surface area contributed by atoms with Crippen LogP contribution in [0.25, 0.3) is 10.2 Å². The van der Waals surface area contributed by atoms with Crippen molar-refractivity contribution in [1.29, 1.82) is 0 Å². The van der Waals surface area contributed by atoms with Crippen LogP contribution in [0.1, 0.15) is 37.6 Å². The predicted molar refractivity (Wildman–Crippen MR) is 133 cm³/mol. The number of carbonyl (C=O) groups is 1. The number of thiophene rings is 1. The van der Waals surface area contributed by atoms with Crippen molar-refractivity contribution in [1.82, 2.24) is 9.97 Å². The minimum absolute atomic E-state index is 0.0672. The number of aromatic nitrogens is 2. The topological polar surface area (TPSA) is 73.3 Å². The molecule has 1 amide bonds. The Morgan fingerprint density at radius 1 is 1.25 bits per heavy atom. The minimum atomic E-state index is -0.218. The Bertz CT molecular complexity index is 1110.